The third-order valence-corrected chi connectivity index (χ3v) is 4.23. The average Bonchev–Trinajstić information content (AvgIpc) is 2.92. The fraction of sp³-hybridized carbons (Fsp3) is 0.923. The van der Waals surface area contributed by atoms with Crippen molar-refractivity contribution in [1.29, 1.82) is 0 Å². The normalized spacial score (nSPS) is 24.1. The molecular weight excluding hydrogens is 230 g/mol. The molecule has 0 aromatic rings. The molecule has 1 amide bonds. The van der Waals surface area contributed by atoms with Crippen molar-refractivity contribution in [3.63, 3.8) is 0 Å². The summed E-state index contributed by atoms with van der Waals surface area (Å²) in [7, 11) is 0. The van der Waals surface area contributed by atoms with Gasteiger partial charge in [-0.3, -0.25) is 4.79 Å². The molecule has 0 aliphatic carbocycles. The van der Waals surface area contributed by atoms with Gasteiger partial charge in [-0.1, -0.05) is 0 Å². The highest BCUT2D eigenvalue weighted by atomic mass is 16.5. The predicted molar refractivity (Wildman–Crippen MR) is 70.2 cm³/mol. The highest BCUT2D eigenvalue weighted by Gasteiger charge is 2.38. The number of carbonyl (C=O) groups is 1. The maximum Gasteiger partial charge on any atom is 0.227 e. The Balaban J connectivity index is 1.74. The minimum atomic E-state index is -0.386. The van der Waals surface area contributed by atoms with E-state index in [0.29, 0.717) is 19.8 Å². The molecule has 2 aliphatic rings. The van der Waals surface area contributed by atoms with Gasteiger partial charge in [-0.25, -0.2) is 0 Å². The largest absolute Gasteiger partial charge is 0.381 e. The Morgan fingerprint density at radius 1 is 1.28 bits per heavy atom. The molecule has 2 aliphatic heterocycles. The smallest absolute Gasteiger partial charge is 0.227 e. The number of nitrogens with one attached hydrogen (secondary N) is 1. The Bertz CT molecular complexity index is 271. The van der Waals surface area contributed by atoms with Crippen LogP contribution < -0.4 is 11.1 Å². The first kappa shape index (κ1) is 13.8. The summed E-state index contributed by atoms with van der Waals surface area (Å²) in [5, 5.41) is 3.05. The van der Waals surface area contributed by atoms with Crippen LogP contribution in [0.3, 0.4) is 0 Å². The molecule has 0 aromatic carbocycles. The Labute approximate surface area is 109 Å². The number of amides is 1. The van der Waals surface area contributed by atoms with Crippen LogP contribution in [0, 0.1) is 5.41 Å². The fourth-order valence-corrected chi connectivity index (χ4v) is 2.81. The van der Waals surface area contributed by atoms with Crippen LogP contribution in [0.5, 0.6) is 0 Å². The molecule has 2 heterocycles. The minimum Gasteiger partial charge on any atom is -0.381 e. The van der Waals surface area contributed by atoms with E-state index in [9.17, 15) is 4.79 Å². The molecule has 5 heteroatoms. The van der Waals surface area contributed by atoms with E-state index in [-0.39, 0.29) is 11.3 Å². The molecule has 2 fully saturated rings. The van der Waals surface area contributed by atoms with Gasteiger partial charge >= 0.3 is 0 Å². The van der Waals surface area contributed by atoms with Gasteiger partial charge in [0, 0.05) is 32.8 Å². The molecule has 2 rings (SSSR count). The fourth-order valence-electron chi connectivity index (χ4n) is 2.81. The van der Waals surface area contributed by atoms with Gasteiger partial charge in [0.25, 0.3) is 0 Å². The van der Waals surface area contributed by atoms with Crippen molar-refractivity contribution < 1.29 is 9.53 Å². The number of likely N-dealkylation sites (tertiary alicyclic amines) is 1. The molecule has 104 valence electrons. The molecule has 5 nitrogen and oxygen atoms in total. The van der Waals surface area contributed by atoms with Gasteiger partial charge in [-0.05, 0) is 38.8 Å². The molecule has 2 saturated heterocycles. The molecule has 0 radical (unpaired) electrons. The van der Waals surface area contributed by atoms with E-state index in [2.05, 4.69) is 10.2 Å². The maximum absolute atomic E-state index is 12.3. The summed E-state index contributed by atoms with van der Waals surface area (Å²) >= 11 is 0. The molecule has 0 atom stereocenters. The topological polar surface area (TPSA) is 67.6 Å². The summed E-state index contributed by atoms with van der Waals surface area (Å²) < 4.78 is 5.32. The van der Waals surface area contributed by atoms with E-state index in [1.165, 1.54) is 25.9 Å². The number of rotatable bonds is 5. The molecular formula is C13H25N3O2. The predicted octanol–water partition coefficient (Wildman–Crippen LogP) is -0.0461. The van der Waals surface area contributed by atoms with Gasteiger partial charge in [0.1, 0.15) is 0 Å². The number of ether oxygens (including phenoxy) is 1. The molecule has 0 saturated carbocycles. The number of hydrogen-bond acceptors (Lipinski definition) is 4. The van der Waals surface area contributed by atoms with E-state index in [4.69, 9.17) is 10.5 Å². The van der Waals surface area contributed by atoms with E-state index in [0.717, 1.165) is 25.9 Å². The number of nitrogens with zero attached hydrogens (tertiary/aromatic N) is 1. The van der Waals surface area contributed by atoms with Crippen LogP contribution in [0.1, 0.15) is 25.7 Å². The lowest BCUT2D eigenvalue weighted by molar-refractivity contribution is -0.135. The summed E-state index contributed by atoms with van der Waals surface area (Å²) in [5.41, 5.74) is 5.42. The zero-order chi connectivity index (χ0) is 12.8. The summed E-state index contributed by atoms with van der Waals surface area (Å²) in [6.45, 7) is 5.77. The van der Waals surface area contributed by atoms with Crippen LogP contribution >= 0.6 is 0 Å². The zero-order valence-electron chi connectivity index (χ0n) is 11.1. The van der Waals surface area contributed by atoms with Gasteiger partial charge in [-0.2, -0.15) is 0 Å². The third kappa shape index (κ3) is 3.22. The quantitative estimate of drug-likeness (QED) is 0.723. The van der Waals surface area contributed by atoms with Gasteiger partial charge in [0.05, 0.1) is 5.41 Å². The zero-order valence-corrected chi connectivity index (χ0v) is 11.1. The van der Waals surface area contributed by atoms with Gasteiger partial charge < -0.3 is 20.7 Å². The van der Waals surface area contributed by atoms with Crippen molar-refractivity contribution >= 4 is 5.91 Å². The van der Waals surface area contributed by atoms with Gasteiger partial charge in [-0.15, -0.1) is 0 Å². The Hall–Kier alpha value is -0.650. The Kier molecular flexibility index (Phi) is 4.97. The molecule has 3 N–H and O–H groups in total. The molecule has 0 unspecified atom stereocenters. The van der Waals surface area contributed by atoms with E-state index < -0.39 is 0 Å². The number of carbonyl (C=O) groups excluding carboxylic acids is 1. The highest BCUT2D eigenvalue weighted by Crippen LogP contribution is 2.29. The van der Waals surface area contributed by atoms with E-state index in [1.807, 2.05) is 0 Å². The standard InChI is InChI=1S/C13H25N3O2/c14-11-13(3-9-18-10-4-13)12(17)15-5-8-16-6-1-2-7-16/h1-11,14H2,(H,15,17). The first-order valence-corrected chi connectivity index (χ1v) is 7.05. The maximum atomic E-state index is 12.3. The van der Waals surface area contributed by atoms with Crippen LogP contribution in [0.15, 0.2) is 0 Å². The molecule has 18 heavy (non-hydrogen) atoms. The molecule has 0 aromatic heterocycles. The second-order valence-corrected chi connectivity index (χ2v) is 5.40. The molecule has 0 spiro atoms. The molecule has 0 bridgehead atoms. The van der Waals surface area contributed by atoms with Crippen molar-refractivity contribution in [3.8, 4) is 0 Å². The van der Waals surface area contributed by atoms with E-state index >= 15 is 0 Å². The second-order valence-electron chi connectivity index (χ2n) is 5.40. The lowest BCUT2D eigenvalue weighted by Gasteiger charge is -2.34. The van der Waals surface area contributed by atoms with Crippen molar-refractivity contribution in [2.24, 2.45) is 11.1 Å². The lowest BCUT2D eigenvalue weighted by Crippen LogP contribution is -2.50. The van der Waals surface area contributed by atoms with E-state index in [1.54, 1.807) is 0 Å². The number of hydrogen-bond donors (Lipinski definition) is 2. The van der Waals surface area contributed by atoms with Gasteiger partial charge in [0.15, 0.2) is 0 Å². The summed E-state index contributed by atoms with van der Waals surface area (Å²) in [6, 6.07) is 0. The van der Waals surface area contributed by atoms with Crippen LogP contribution in [0.2, 0.25) is 0 Å². The first-order chi connectivity index (χ1) is 8.77. The van der Waals surface area contributed by atoms with Crippen LogP contribution in [0.4, 0.5) is 0 Å². The number of nitrogens with two attached hydrogens (primary N) is 1. The minimum absolute atomic E-state index is 0.118. The average molecular weight is 255 g/mol. The van der Waals surface area contributed by atoms with Crippen LogP contribution in [0.25, 0.3) is 0 Å². The summed E-state index contributed by atoms with van der Waals surface area (Å²) in [6.07, 6.45) is 4.08. The lowest BCUT2D eigenvalue weighted by atomic mass is 9.79. The van der Waals surface area contributed by atoms with Crippen molar-refractivity contribution in [1.82, 2.24) is 10.2 Å². The van der Waals surface area contributed by atoms with Crippen LogP contribution in [-0.2, 0) is 9.53 Å². The summed E-state index contributed by atoms with van der Waals surface area (Å²) in [4.78, 5) is 14.7. The SMILES string of the molecule is NCC1(C(=O)NCCN2CCCC2)CCOCC1. The van der Waals surface area contributed by atoms with Gasteiger partial charge in [0.2, 0.25) is 5.91 Å². The van der Waals surface area contributed by atoms with Crippen LogP contribution in [-0.4, -0.2) is 56.7 Å². The third-order valence-electron chi connectivity index (χ3n) is 4.23. The Morgan fingerprint density at radius 3 is 2.56 bits per heavy atom. The second kappa shape index (κ2) is 6.50. The monoisotopic (exact) mass is 255 g/mol. The van der Waals surface area contributed by atoms with Crippen molar-refractivity contribution in [2.45, 2.75) is 25.7 Å². The summed E-state index contributed by atoms with van der Waals surface area (Å²) in [5.74, 6) is 0.118. The van der Waals surface area contributed by atoms with Crippen molar-refractivity contribution in [3.05, 3.63) is 0 Å². The highest BCUT2D eigenvalue weighted by molar-refractivity contribution is 5.83. The first-order valence-electron chi connectivity index (χ1n) is 7.05. The van der Waals surface area contributed by atoms with Crippen molar-refractivity contribution in [2.75, 3.05) is 45.9 Å². The Morgan fingerprint density at radius 2 is 1.94 bits per heavy atom.